The molecule has 0 atom stereocenters. The lowest BCUT2D eigenvalue weighted by Crippen LogP contribution is -2.15. The molecule has 36 heavy (non-hydrogen) atoms. The van der Waals surface area contributed by atoms with Crippen molar-refractivity contribution in [2.45, 2.75) is 0 Å². The number of fused-ring (bicyclic) bond motifs is 3. The minimum atomic E-state index is 0.837. The molecule has 2 heterocycles. The van der Waals surface area contributed by atoms with Crippen molar-refractivity contribution in [2.24, 2.45) is 0 Å². The van der Waals surface area contributed by atoms with E-state index in [4.69, 9.17) is 4.74 Å². The van der Waals surface area contributed by atoms with Crippen LogP contribution in [0.15, 0.2) is 134 Å². The second-order valence-corrected chi connectivity index (χ2v) is 8.88. The zero-order valence-corrected chi connectivity index (χ0v) is 19.5. The second-order valence-electron chi connectivity index (χ2n) is 8.88. The quantitative estimate of drug-likeness (QED) is 0.262. The molecule has 3 heteroatoms. The van der Waals surface area contributed by atoms with Gasteiger partial charge in [0.2, 0.25) is 0 Å². The smallest absolute Gasteiger partial charge is 0.152 e. The molecule has 0 spiro atoms. The monoisotopic (exact) mass is 462 g/mol. The first-order chi connectivity index (χ1) is 17.8. The van der Waals surface area contributed by atoms with Crippen LogP contribution in [0.4, 0.5) is 17.1 Å². The lowest BCUT2D eigenvalue weighted by Gasteiger charge is -2.33. The fourth-order valence-corrected chi connectivity index (χ4v) is 5.00. The average molecular weight is 463 g/mol. The Balaban J connectivity index is 1.46. The van der Waals surface area contributed by atoms with E-state index in [9.17, 15) is 0 Å². The summed E-state index contributed by atoms with van der Waals surface area (Å²) in [5.74, 6) is 1.68. The van der Waals surface area contributed by atoms with Crippen LogP contribution in [0, 0.1) is 0 Å². The molecule has 0 amide bonds. The summed E-state index contributed by atoms with van der Waals surface area (Å²) in [4.78, 5) is 6.93. The highest BCUT2D eigenvalue weighted by Crippen LogP contribution is 2.52. The van der Waals surface area contributed by atoms with E-state index in [0.717, 1.165) is 50.6 Å². The van der Waals surface area contributed by atoms with Gasteiger partial charge in [0.05, 0.1) is 17.1 Å². The van der Waals surface area contributed by atoms with E-state index >= 15 is 0 Å². The van der Waals surface area contributed by atoms with Crippen LogP contribution in [-0.2, 0) is 0 Å². The number of hydrogen-bond acceptors (Lipinski definition) is 3. The third-order valence-corrected chi connectivity index (χ3v) is 6.68. The van der Waals surface area contributed by atoms with Crippen molar-refractivity contribution in [2.75, 3.05) is 4.90 Å². The van der Waals surface area contributed by atoms with E-state index in [1.165, 1.54) is 11.1 Å². The third-order valence-electron chi connectivity index (χ3n) is 6.68. The number of para-hydroxylation sites is 2. The summed E-state index contributed by atoms with van der Waals surface area (Å²) in [6, 6.07) is 44.1. The average Bonchev–Trinajstić information content (AvgIpc) is 2.95. The normalized spacial score (nSPS) is 12.1. The van der Waals surface area contributed by atoms with Crippen molar-refractivity contribution in [3.63, 3.8) is 0 Å². The first-order valence-electron chi connectivity index (χ1n) is 12.1. The zero-order chi connectivity index (χ0) is 23.9. The van der Waals surface area contributed by atoms with Crippen LogP contribution < -0.4 is 9.64 Å². The SMILES string of the molecule is c1ccc(-c2cccc(N3c4ccccc4Oc4cc5cccc(-c6ccccn6)c5cc43)c2)cc1. The number of rotatable bonds is 3. The van der Waals surface area contributed by atoms with Crippen molar-refractivity contribution in [3.8, 4) is 33.9 Å². The number of hydrogen-bond donors (Lipinski definition) is 0. The molecule has 0 bridgehead atoms. The summed E-state index contributed by atoms with van der Waals surface area (Å²) in [5.41, 5.74) is 7.54. The van der Waals surface area contributed by atoms with Crippen LogP contribution in [0.1, 0.15) is 0 Å². The van der Waals surface area contributed by atoms with Crippen LogP contribution in [-0.4, -0.2) is 4.98 Å². The van der Waals surface area contributed by atoms with Crippen LogP contribution in [0.5, 0.6) is 11.5 Å². The van der Waals surface area contributed by atoms with E-state index in [0.29, 0.717) is 0 Å². The minimum Gasteiger partial charge on any atom is -0.453 e. The molecule has 0 N–H and O–H groups in total. The molecule has 0 radical (unpaired) electrons. The van der Waals surface area contributed by atoms with Crippen molar-refractivity contribution >= 4 is 27.8 Å². The molecule has 0 saturated carbocycles. The Labute approximate surface area is 209 Å². The van der Waals surface area contributed by atoms with Gasteiger partial charge >= 0.3 is 0 Å². The van der Waals surface area contributed by atoms with Gasteiger partial charge in [0.25, 0.3) is 0 Å². The van der Waals surface area contributed by atoms with Crippen LogP contribution in [0.25, 0.3) is 33.2 Å². The molecule has 6 aromatic rings. The molecule has 170 valence electrons. The molecule has 3 nitrogen and oxygen atoms in total. The maximum absolute atomic E-state index is 6.44. The number of anilines is 3. The van der Waals surface area contributed by atoms with Gasteiger partial charge in [-0.15, -0.1) is 0 Å². The lowest BCUT2D eigenvalue weighted by molar-refractivity contribution is 0.478. The van der Waals surface area contributed by atoms with Gasteiger partial charge in [0, 0.05) is 17.4 Å². The van der Waals surface area contributed by atoms with Gasteiger partial charge in [-0.3, -0.25) is 4.98 Å². The summed E-state index contributed by atoms with van der Waals surface area (Å²) in [6.45, 7) is 0. The summed E-state index contributed by atoms with van der Waals surface area (Å²) < 4.78 is 6.44. The Morgan fingerprint density at radius 2 is 1.36 bits per heavy atom. The summed E-state index contributed by atoms with van der Waals surface area (Å²) in [7, 11) is 0. The molecule has 1 aliphatic rings. The van der Waals surface area contributed by atoms with E-state index in [1.54, 1.807) is 0 Å². The molecule has 1 aliphatic heterocycles. The number of benzene rings is 5. The standard InChI is InChI=1S/C33H22N2O/c1-2-10-23(11-3-1)24-12-8-14-26(20-24)35-30-17-4-5-18-32(30)36-33-21-25-13-9-15-27(28(25)22-31(33)35)29-16-6-7-19-34-29/h1-22H. The van der Waals surface area contributed by atoms with Crippen LogP contribution in [0.2, 0.25) is 0 Å². The maximum Gasteiger partial charge on any atom is 0.152 e. The van der Waals surface area contributed by atoms with Crippen molar-refractivity contribution in [1.82, 2.24) is 4.98 Å². The highest BCUT2D eigenvalue weighted by Gasteiger charge is 2.27. The number of pyridine rings is 1. The van der Waals surface area contributed by atoms with Crippen molar-refractivity contribution in [3.05, 3.63) is 134 Å². The lowest BCUT2D eigenvalue weighted by atomic mass is 9.98. The maximum atomic E-state index is 6.44. The van der Waals surface area contributed by atoms with Gasteiger partial charge in [-0.25, -0.2) is 0 Å². The van der Waals surface area contributed by atoms with Crippen LogP contribution in [0.3, 0.4) is 0 Å². The van der Waals surface area contributed by atoms with Gasteiger partial charge in [0.1, 0.15) is 0 Å². The van der Waals surface area contributed by atoms with E-state index in [1.807, 2.05) is 36.5 Å². The molecule has 1 aromatic heterocycles. The van der Waals surface area contributed by atoms with Gasteiger partial charge in [-0.2, -0.15) is 0 Å². The van der Waals surface area contributed by atoms with Crippen molar-refractivity contribution in [1.29, 1.82) is 0 Å². The minimum absolute atomic E-state index is 0.837. The molecular formula is C33H22N2O. The van der Waals surface area contributed by atoms with Gasteiger partial charge < -0.3 is 9.64 Å². The number of aromatic nitrogens is 1. The Kier molecular flexibility index (Phi) is 4.78. The first-order valence-corrected chi connectivity index (χ1v) is 12.1. The molecule has 7 rings (SSSR count). The van der Waals surface area contributed by atoms with Gasteiger partial charge in [-0.1, -0.05) is 78.9 Å². The third kappa shape index (κ3) is 3.41. The van der Waals surface area contributed by atoms with E-state index in [2.05, 4.69) is 107 Å². The fraction of sp³-hybridized carbons (Fsp3) is 0. The summed E-state index contributed by atoms with van der Waals surface area (Å²) in [6.07, 6.45) is 1.84. The Morgan fingerprint density at radius 3 is 2.25 bits per heavy atom. The fourth-order valence-electron chi connectivity index (χ4n) is 5.00. The number of nitrogens with zero attached hydrogens (tertiary/aromatic N) is 2. The predicted molar refractivity (Wildman–Crippen MR) is 147 cm³/mol. The topological polar surface area (TPSA) is 25.4 Å². The summed E-state index contributed by atoms with van der Waals surface area (Å²) in [5, 5.41) is 2.26. The molecule has 0 fully saturated rings. The molecule has 5 aromatic carbocycles. The molecule has 0 saturated heterocycles. The number of ether oxygens (including phenoxy) is 1. The molecular weight excluding hydrogens is 440 g/mol. The van der Waals surface area contributed by atoms with Crippen LogP contribution >= 0.6 is 0 Å². The van der Waals surface area contributed by atoms with Gasteiger partial charge in [-0.05, 0) is 70.4 Å². The molecule has 0 unspecified atom stereocenters. The zero-order valence-electron chi connectivity index (χ0n) is 19.5. The van der Waals surface area contributed by atoms with Crippen molar-refractivity contribution < 1.29 is 4.74 Å². The van der Waals surface area contributed by atoms with Gasteiger partial charge in [0.15, 0.2) is 11.5 Å². The highest BCUT2D eigenvalue weighted by molar-refractivity contribution is 6.02. The summed E-state index contributed by atoms with van der Waals surface area (Å²) >= 11 is 0. The van der Waals surface area contributed by atoms with E-state index < -0.39 is 0 Å². The Bertz CT molecular complexity index is 1710. The predicted octanol–water partition coefficient (Wildman–Crippen LogP) is 9.14. The first kappa shape index (κ1) is 20.5. The Hall–Kier alpha value is -4.89. The Morgan fingerprint density at radius 1 is 0.556 bits per heavy atom. The largest absolute Gasteiger partial charge is 0.453 e. The van der Waals surface area contributed by atoms with E-state index in [-0.39, 0.29) is 0 Å². The second kappa shape index (κ2) is 8.40. The highest BCUT2D eigenvalue weighted by atomic mass is 16.5. The molecule has 0 aliphatic carbocycles.